The monoisotopic (exact) mass is 1110 g/mol. The van der Waals surface area contributed by atoms with Crippen LogP contribution in [0.5, 0.6) is 0 Å². The maximum Gasteiger partial charge on any atom is 0.305 e. The highest BCUT2D eigenvalue weighted by molar-refractivity contribution is 5.76. The Hall–Kier alpha value is -1.66. The number of hydrogen-bond acceptors (Lipinski definition) is 5. The summed E-state index contributed by atoms with van der Waals surface area (Å²) >= 11 is 0. The fourth-order valence-electron chi connectivity index (χ4n) is 11.5. The Morgan fingerprint density at radius 3 is 0.899 bits per heavy atom. The van der Waals surface area contributed by atoms with Gasteiger partial charge in [0, 0.05) is 12.8 Å². The van der Waals surface area contributed by atoms with Crippen LogP contribution >= 0.6 is 0 Å². The zero-order valence-corrected chi connectivity index (χ0v) is 53.6. The van der Waals surface area contributed by atoms with E-state index in [2.05, 4.69) is 43.5 Å². The first-order chi connectivity index (χ1) is 39.0. The van der Waals surface area contributed by atoms with Gasteiger partial charge in [0.25, 0.3) is 0 Å². The van der Waals surface area contributed by atoms with Gasteiger partial charge in [-0.1, -0.05) is 340 Å². The Morgan fingerprint density at radius 1 is 0.342 bits per heavy atom. The summed E-state index contributed by atoms with van der Waals surface area (Å²) in [4.78, 5) is 24.6. The average Bonchev–Trinajstić information content (AvgIpc) is 3.45. The number of ether oxygens (including phenoxy) is 1. The van der Waals surface area contributed by atoms with Crippen LogP contribution in [0.2, 0.25) is 0 Å². The largest absolute Gasteiger partial charge is 0.466 e. The molecule has 0 aliphatic carbocycles. The Kier molecular flexibility index (Phi) is 67.4. The number of aliphatic hydroxyl groups excluding tert-OH is 2. The molecule has 2 atom stereocenters. The number of unbranched alkanes of at least 4 members (excludes halogenated alkanes) is 53. The van der Waals surface area contributed by atoms with Crippen LogP contribution in [0.25, 0.3) is 0 Å². The van der Waals surface area contributed by atoms with E-state index in [0.717, 1.165) is 44.9 Å². The van der Waals surface area contributed by atoms with Crippen LogP contribution in [0, 0.1) is 0 Å². The van der Waals surface area contributed by atoms with Crippen LogP contribution < -0.4 is 5.32 Å². The van der Waals surface area contributed by atoms with Crippen LogP contribution in [-0.4, -0.2) is 47.4 Å². The van der Waals surface area contributed by atoms with Gasteiger partial charge in [-0.2, -0.15) is 0 Å². The van der Waals surface area contributed by atoms with Crippen LogP contribution in [-0.2, 0) is 14.3 Å². The van der Waals surface area contributed by atoms with E-state index in [9.17, 15) is 19.8 Å². The highest BCUT2D eigenvalue weighted by Gasteiger charge is 2.20. The highest BCUT2D eigenvalue weighted by atomic mass is 16.5. The van der Waals surface area contributed by atoms with Crippen molar-refractivity contribution in [3.8, 4) is 0 Å². The number of carbonyl (C=O) groups is 2. The van der Waals surface area contributed by atoms with Gasteiger partial charge in [0.2, 0.25) is 5.91 Å². The van der Waals surface area contributed by atoms with Crippen LogP contribution in [0.4, 0.5) is 0 Å². The number of nitrogens with one attached hydrogen (secondary N) is 1. The molecule has 1 amide bonds. The second-order valence-electron chi connectivity index (χ2n) is 24.9. The molecule has 0 aromatic heterocycles. The van der Waals surface area contributed by atoms with Gasteiger partial charge in [0.1, 0.15) is 0 Å². The number of amides is 1. The van der Waals surface area contributed by atoms with Crippen molar-refractivity contribution < 1.29 is 24.5 Å². The van der Waals surface area contributed by atoms with Crippen LogP contribution in [0.15, 0.2) is 24.3 Å². The number of allylic oxidation sites excluding steroid dienone is 4. The van der Waals surface area contributed by atoms with Crippen molar-refractivity contribution in [2.24, 2.45) is 0 Å². The summed E-state index contributed by atoms with van der Waals surface area (Å²) in [7, 11) is 0. The molecular formula is C73H141NO5. The quantitative estimate of drug-likeness (QED) is 0.0320. The molecule has 6 nitrogen and oxygen atoms in total. The molecule has 0 aromatic rings. The lowest BCUT2D eigenvalue weighted by atomic mass is 10.0. The summed E-state index contributed by atoms with van der Waals surface area (Å²) in [6.07, 6.45) is 86.6. The van der Waals surface area contributed by atoms with Crippen molar-refractivity contribution in [1.29, 1.82) is 0 Å². The molecule has 0 aliphatic rings. The van der Waals surface area contributed by atoms with Gasteiger partial charge < -0.3 is 20.3 Å². The van der Waals surface area contributed by atoms with Crippen molar-refractivity contribution in [2.75, 3.05) is 13.2 Å². The van der Waals surface area contributed by atoms with Gasteiger partial charge in [-0.25, -0.2) is 0 Å². The van der Waals surface area contributed by atoms with Crippen molar-refractivity contribution in [1.82, 2.24) is 5.32 Å². The molecule has 0 fully saturated rings. The topological polar surface area (TPSA) is 95.9 Å². The fraction of sp³-hybridized carbons (Fsp3) is 0.918. The van der Waals surface area contributed by atoms with Crippen LogP contribution in [0.1, 0.15) is 406 Å². The minimum absolute atomic E-state index is 0.0131. The molecule has 3 N–H and O–H groups in total. The number of esters is 1. The third-order valence-corrected chi connectivity index (χ3v) is 17.0. The van der Waals surface area contributed by atoms with Crippen molar-refractivity contribution in [3.05, 3.63) is 24.3 Å². The van der Waals surface area contributed by atoms with Crippen molar-refractivity contribution in [2.45, 2.75) is 418 Å². The summed E-state index contributed by atoms with van der Waals surface area (Å²) in [6, 6.07) is -0.542. The molecule has 0 bridgehead atoms. The zero-order chi connectivity index (χ0) is 57.1. The normalized spacial score (nSPS) is 12.6. The summed E-state index contributed by atoms with van der Waals surface area (Å²) in [5, 5.41) is 23.4. The molecular weight excluding hydrogens is 971 g/mol. The van der Waals surface area contributed by atoms with Crippen LogP contribution in [0.3, 0.4) is 0 Å². The summed E-state index contributed by atoms with van der Waals surface area (Å²) in [5.74, 6) is -0.0192. The molecule has 0 radical (unpaired) electrons. The summed E-state index contributed by atoms with van der Waals surface area (Å²) in [6.45, 7) is 4.99. The van der Waals surface area contributed by atoms with E-state index < -0.39 is 12.1 Å². The molecule has 0 saturated carbocycles. The lowest BCUT2D eigenvalue weighted by Crippen LogP contribution is -2.45. The highest BCUT2D eigenvalue weighted by Crippen LogP contribution is 2.19. The minimum atomic E-state index is -0.665. The Balaban J connectivity index is 3.37. The van der Waals surface area contributed by atoms with E-state index in [1.54, 1.807) is 0 Å². The third kappa shape index (κ3) is 65.4. The first-order valence-corrected chi connectivity index (χ1v) is 36.1. The average molecular weight is 1110 g/mol. The van der Waals surface area contributed by atoms with Gasteiger partial charge in [0.05, 0.1) is 25.4 Å². The smallest absolute Gasteiger partial charge is 0.305 e. The summed E-state index contributed by atoms with van der Waals surface area (Å²) < 4.78 is 5.50. The number of rotatable bonds is 68. The van der Waals surface area contributed by atoms with E-state index in [-0.39, 0.29) is 18.5 Å². The molecule has 0 spiro atoms. The maximum atomic E-state index is 12.5. The van der Waals surface area contributed by atoms with Crippen molar-refractivity contribution in [3.63, 3.8) is 0 Å². The Labute approximate surface area is 494 Å². The first kappa shape index (κ1) is 77.3. The molecule has 468 valence electrons. The number of hydrogen-bond donors (Lipinski definition) is 3. The lowest BCUT2D eigenvalue weighted by molar-refractivity contribution is -0.143. The van der Waals surface area contributed by atoms with Gasteiger partial charge in [-0.05, 0) is 77.0 Å². The fourth-order valence-corrected chi connectivity index (χ4v) is 11.5. The summed E-state index contributed by atoms with van der Waals surface area (Å²) in [5.41, 5.74) is 0. The van der Waals surface area contributed by atoms with E-state index >= 15 is 0 Å². The molecule has 0 heterocycles. The Bertz CT molecular complexity index is 1230. The molecule has 0 saturated heterocycles. The van der Waals surface area contributed by atoms with Gasteiger partial charge in [-0.3, -0.25) is 9.59 Å². The third-order valence-electron chi connectivity index (χ3n) is 17.0. The SMILES string of the molecule is CCCCCCCCC/C=C\CCCCCCCCCC(=O)OCCCCCCCCCCCCCC/C=C\CCCCCCCCCCCCCC(=O)NC(CO)C(O)CCCCCCCCCCCCCCCCCCC. The van der Waals surface area contributed by atoms with E-state index in [1.165, 1.54) is 327 Å². The molecule has 0 rings (SSSR count). The predicted octanol–water partition coefficient (Wildman–Crippen LogP) is 23.3. The van der Waals surface area contributed by atoms with Gasteiger partial charge >= 0.3 is 5.97 Å². The maximum absolute atomic E-state index is 12.5. The minimum Gasteiger partial charge on any atom is -0.466 e. The predicted molar refractivity (Wildman–Crippen MR) is 347 cm³/mol. The Morgan fingerprint density at radius 2 is 0.595 bits per heavy atom. The van der Waals surface area contributed by atoms with E-state index in [0.29, 0.717) is 25.9 Å². The standard InChI is InChI=1S/C73H141NO5/c1-3-5-7-9-11-13-15-17-19-21-35-39-43-47-51-55-59-63-67-73(78)79-68-64-60-56-52-48-44-40-36-32-30-28-26-24-22-23-25-27-29-31-34-38-42-46-50-54-58-62-66-72(77)74-70(69-75)71(76)65-61-57-53-49-45-41-37-33-20-18-16-14-12-10-8-6-4-2/h19,21-23,70-71,75-76H,3-18,20,24-69H2,1-2H3,(H,74,77)/b21-19-,23-22-. The zero-order valence-electron chi connectivity index (χ0n) is 53.6. The van der Waals surface area contributed by atoms with Gasteiger partial charge in [-0.15, -0.1) is 0 Å². The second kappa shape index (κ2) is 68.8. The molecule has 0 aliphatic heterocycles. The number of aliphatic hydroxyl groups is 2. The van der Waals surface area contributed by atoms with Gasteiger partial charge in [0.15, 0.2) is 0 Å². The lowest BCUT2D eigenvalue weighted by Gasteiger charge is -2.22. The first-order valence-electron chi connectivity index (χ1n) is 36.1. The van der Waals surface area contributed by atoms with E-state index in [1.807, 2.05) is 0 Å². The molecule has 0 aromatic carbocycles. The molecule has 79 heavy (non-hydrogen) atoms. The number of carbonyl (C=O) groups excluding carboxylic acids is 2. The second-order valence-corrected chi connectivity index (χ2v) is 24.9. The van der Waals surface area contributed by atoms with Crippen molar-refractivity contribution >= 4 is 11.9 Å². The molecule has 2 unspecified atom stereocenters. The van der Waals surface area contributed by atoms with E-state index in [4.69, 9.17) is 4.74 Å². The molecule has 6 heteroatoms.